The number of hydrogen-bond acceptors (Lipinski definition) is 5. The van der Waals surface area contributed by atoms with Gasteiger partial charge < -0.3 is 14.6 Å². The van der Waals surface area contributed by atoms with E-state index in [4.69, 9.17) is 17.0 Å². The summed E-state index contributed by atoms with van der Waals surface area (Å²) in [6.45, 7) is 4.15. The maximum atomic E-state index is 12.7. The predicted molar refractivity (Wildman–Crippen MR) is 123 cm³/mol. The minimum atomic E-state index is -0.446. The van der Waals surface area contributed by atoms with E-state index < -0.39 is 5.91 Å². The maximum Gasteiger partial charge on any atom is 0.262 e. The van der Waals surface area contributed by atoms with Gasteiger partial charge in [0.2, 0.25) is 0 Å². The van der Waals surface area contributed by atoms with E-state index in [-0.39, 0.29) is 12.1 Å². The SMILES string of the molecule is COc1ccc(-n2c(C)cc(/C=C(/C#N)C(=O)NCc3n[nH]c(=S)n3C3CC3)c2C)cc1. The molecule has 0 unspecified atom stereocenters. The molecule has 3 aromatic rings. The second kappa shape index (κ2) is 8.85. The molecule has 8 nitrogen and oxygen atoms in total. The Kier molecular flexibility index (Phi) is 5.97. The van der Waals surface area contributed by atoms with Crippen LogP contribution in [-0.2, 0) is 11.3 Å². The normalized spacial score (nSPS) is 13.6. The second-order valence-corrected chi connectivity index (χ2v) is 8.15. The van der Waals surface area contributed by atoms with Gasteiger partial charge in [-0.1, -0.05) is 0 Å². The summed E-state index contributed by atoms with van der Waals surface area (Å²) >= 11 is 5.27. The fourth-order valence-corrected chi connectivity index (χ4v) is 4.09. The van der Waals surface area contributed by atoms with E-state index >= 15 is 0 Å². The molecule has 1 saturated carbocycles. The molecule has 0 radical (unpaired) electrons. The number of nitrogens with one attached hydrogen (secondary N) is 2. The standard InChI is InChI=1S/C23H24N6O2S/c1-14-10-16(15(2)28(14)18-6-8-20(31-3)9-7-18)11-17(12-24)22(30)25-13-21-26-27-23(32)29(21)19-4-5-19/h6-11,19H,4-5,13H2,1-3H3,(H,25,30)(H,27,32)/b17-11-. The van der Waals surface area contributed by atoms with Crippen LogP contribution in [-0.4, -0.2) is 32.3 Å². The van der Waals surface area contributed by atoms with Crippen LogP contribution in [0.5, 0.6) is 5.75 Å². The lowest BCUT2D eigenvalue weighted by molar-refractivity contribution is -0.117. The molecular weight excluding hydrogens is 424 g/mol. The van der Waals surface area contributed by atoms with Crippen molar-refractivity contribution >= 4 is 24.2 Å². The molecule has 1 aliphatic carbocycles. The lowest BCUT2D eigenvalue weighted by Crippen LogP contribution is -2.25. The number of rotatable bonds is 7. The first-order chi connectivity index (χ1) is 15.4. The van der Waals surface area contributed by atoms with E-state index in [0.717, 1.165) is 41.2 Å². The lowest BCUT2D eigenvalue weighted by atomic mass is 10.1. The number of carbonyl (C=O) groups is 1. The second-order valence-electron chi connectivity index (χ2n) is 7.76. The number of benzene rings is 1. The quantitative estimate of drug-likeness (QED) is 0.324. The van der Waals surface area contributed by atoms with Crippen molar-refractivity contribution < 1.29 is 9.53 Å². The Labute approximate surface area is 191 Å². The number of carbonyl (C=O) groups excluding carboxylic acids is 1. The van der Waals surface area contributed by atoms with Crippen molar-refractivity contribution in [1.82, 2.24) is 24.6 Å². The number of methoxy groups -OCH3 is 1. The minimum absolute atomic E-state index is 0.0343. The molecule has 0 saturated heterocycles. The van der Waals surface area contributed by atoms with Crippen LogP contribution in [0.3, 0.4) is 0 Å². The molecule has 0 spiro atoms. The molecule has 0 bridgehead atoms. The Morgan fingerprint density at radius 1 is 1.38 bits per heavy atom. The molecule has 1 fully saturated rings. The number of aryl methyl sites for hydroxylation is 1. The summed E-state index contributed by atoms with van der Waals surface area (Å²) in [5.41, 5.74) is 3.75. The maximum absolute atomic E-state index is 12.7. The molecule has 9 heteroatoms. The summed E-state index contributed by atoms with van der Waals surface area (Å²) in [4.78, 5) is 12.7. The van der Waals surface area contributed by atoms with Crippen molar-refractivity contribution in [3.8, 4) is 17.5 Å². The predicted octanol–water partition coefficient (Wildman–Crippen LogP) is 3.92. The molecule has 2 aromatic heterocycles. The van der Waals surface area contributed by atoms with E-state index in [1.165, 1.54) is 0 Å². The summed E-state index contributed by atoms with van der Waals surface area (Å²) in [5, 5.41) is 19.4. The van der Waals surface area contributed by atoms with Crippen molar-refractivity contribution in [2.75, 3.05) is 7.11 Å². The number of amides is 1. The van der Waals surface area contributed by atoms with Gasteiger partial charge in [-0.25, -0.2) is 0 Å². The van der Waals surface area contributed by atoms with E-state index in [0.29, 0.717) is 16.6 Å². The van der Waals surface area contributed by atoms with E-state index in [1.54, 1.807) is 13.2 Å². The van der Waals surface area contributed by atoms with Crippen molar-refractivity contribution in [1.29, 1.82) is 5.26 Å². The smallest absolute Gasteiger partial charge is 0.262 e. The number of aromatic nitrogens is 4. The molecule has 0 aliphatic heterocycles. The molecule has 1 amide bonds. The zero-order chi connectivity index (χ0) is 22.8. The Morgan fingerprint density at radius 2 is 2.09 bits per heavy atom. The Balaban J connectivity index is 1.54. The summed E-state index contributed by atoms with van der Waals surface area (Å²) in [6.07, 6.45) is 3.74. The average Bonchev–Trinajstić information content (AvgIpc) is 3.50. The van der Waals surface area contributed by atoms with Crippen LogP contribution in [0.1, 0.15) is 41.7 Å². The van der Waals surface area contributed by atoms with Gasteiger partial charge >= 0.3 is 0 Å². The monoisotopic (exact) mass is 448 g/mol. The van der Waals surface area contributed by atoms with Crippen molar-refractivity contribution in [3.63, 3.8) is 0 Å². The number of hydrogen-bond donors (Lipinski definition) is 2. The van der Waals surface area contributed by atoms with Crippen LogP contribution in [0.2, 0.25) is 0 Å². The summed E-state index contributed by atoms with van der Waals surface area (Å²) in [6, 6.07) is 12.1. The molecule has 2 N–H and O–H groups in total. The summed E-state index contributed by atoms with van der Waals surface area (Å²) < 4.78 is 9.80. The van der Waals surface area contributed by atoms with Gasteiger partial charge in [0.15, 0.2) is 10.6 Å². The third-order valence-electron chi connectivity index (χ3n) is 5.56. The third-order valence-corrected chi connectivity index (χ3v) is 5.85. The van der Waals surface area contributed by atoms with Gasteiger partial charge in [0.1, 0.15) is 17.4 Å². The molecule has 1 aliphatic rings. The largest absolute Gasteiger partial charge is 0.497 e. The van der Waals surface area contributed by atoms with E-state index in [9.17, 15) is 10.1 Å². The Morgan fingerprint density at radius 3 is 2.72 bits per heavy atom. The van der Waals surface area contributed by atoms with Crippen LogP contribution in [0.15, 0.2) is 35.9 Å². The highest BCUT2D eigenvalue weighted by Crippen LogP contribution is 2.35. The van der Waals surface area contributed by atoms with E-state index in [2.05, 4.69) is 20.1 Å². The van der Waals surface area contributed by atoms with Crippen molar-refractivity contribution in [3.05, 3.63) is 63.5 Å². The van der Waals surface area contributed by atoms with Gasteiger partial charge in [0.05, 0.1) is 13.7 Å². The van der Waals surface area contributed by atoms with Crippen molar-refractivity contribution in [2.45, 2.75) is 39.3 Å². The van der Waals surface area contributed by atoms with Gasteiger partial charge in [-0.05, 0) is 80.9 Å². The highest BCUT2D eigenvalue weighted by atomic mass is 32.1. The first kappa shape index (κ1) is 21.6. The van der Waals surface area contributed by atoms with Crippen molar-refractivity contribution in [2.24, 2.45) is 0 Å². The highest BCUT2D eigenvalue weighted by molar-refractivity contribution is 7.71. The number of aromatic amines is 1. The third kappa shape index (κ3) is 4.22. The highest BCUT2D eigenvalue weighted by Gasteiger charge is 2.27. The molecule has 0 atom stereocenters. The fourth-order valence-electron chi connectivity index (χ4n) is 3.79. The van der Waals surface area contributed by atoms with Crippen LogP contribution in [0.25, 0.3) is 11.8 Å². The zero-order valence-electron chi connectivity index (χ0n) is 18.2. The molecule has 4 rings (SSSR count). The summed E-state index contributed by atoms with van der Waals surface area (Å²) in [5.74, 6) is 1.00. The lowest BCUT2D eigenvalue weighted by Gasteiger charge is -2.10. The zero-order valence-corrected chi connectivity index (χ0v) is 19.0. The van der Waals surface area contributed by atoms with Gasteiger partial charge in [-0.15, -0.1) is 0 Å². The van der Waals surface area contributed by atoms with Crippen LogP contribution >= 0.6 is 12.2 Å². The number of H-pyrrole nitrogens is 1. The Hall–Kier alpha value is -3.64. The van der Waals surface area contributed by atoms with Crippen LogP contribution in [0.4, 0.5) is 0 Å². The molecule has 164 valence electrons. The minimum Gasteiger partial charge on any atom is -0.497 e. The first-order valence-corrected chi connectivity index (χ1v) is 10.7. The topological polar surface area (TPSA) is 101 Å². The van der Waals surface area contributed by atoms with Gasteiger partial charge in [0, 0.05) is 23.1 Å². The van der Waals surface area contributed by atoms with Crippen LogP contribution < -0.4 is 10.1 Å². The van der Waals surface area contributed by atoms with Crippen LogP contribution in [0, 0.1) is 29.9 Å². The number of nitriles is 1. The van der Waals surface area contributed by atoms with Gasteiger partial charge in [-0.3, -0.25) is 14.5 Å². The average molecular weight is 449 g/mol. The van der Waals surface area contributed by atoms with Gasteiger partial charge in [-0.2, -0.15) is 10.4 Å². The molecule has 32 heavy (non-hydrogen) atoms. The summed E-state index contributed by atoms with van der Waals surface area (Å²) in [7, 11) is 1.63. The first-order valence-electron chi connectivity index (χ1n) is 10.3. The molecule has 2 heterocycles. The fraction of sp³-hybridized carbons (Fsp3) is 0.304. The Bertz CT molecular complexity index is 1290. The van der Waals surface area contributed by atoms with Gasteiger partial charge in [0.25, 0.3) is 5.91 Å². The molecule has 1 aromatic carbocycles. The van der Waals surface area contributed by atoms with E-state index in [1.807, 2.05) is 54.8 Å². The number of ether oxygens (including phenoxy) is 1. The number of nitrogens with zero attached hydrogens (tertiary/aromatic N) is 4. The molecular formula is C23H24N6O2S.